The third-order valence-electron chi connectivity index (χ3n) is 2.74. The standard InChI is InChI=1S/C12H16N4O2S/c1-4-5-6-16-11-10(8(2)14-15(11)3)13-12(16)19-7-9(17)18/h4H,1,5-7H2,2-3H3,(H,17,18). The maximum absolute atomic E-state index is 10.7. The number of rotatable bonds is 6. The van der Waals surface area contributed by atoms with E-state index in [1.807, 2.05) is 24.6 Å². The fourth-order valence-electron chi connectivity index (χ4n) is 1.97. The first-order valence-electron chi connectivity index (χ1n) is 5.90. The number of carboxylic acids is 1. The highest BCUT2D eigenvalue weighted by molar-refractivity contribution is 7.99. The molecule has 0 aliphatic heterocycles. The quantitative estimate of drug-likeness (QED) is 0.645. The van der Waals surface area contributed by atoms with Crippen molar-refractivity contribution in [1.29, 1.82) is 0 Å². The van der Waals surface area contributed by atoms with Crippen molar-refractivity contribution in [2.75, 3.05) is 5.75 Å². The first-order chi connectivity index (χ1) is 9.04. The van der Waals surface area contributed by atoms with Gasteiger partial charge in [-0.2, -0.15) is 5.10 Å². The largest absolute Gasteiger partial charge is 0.481 e. The van der Waals surface area contributed by atoms with E-state index < -0.39 is 5.97 Å². The van der Waals surface area contributed by atoms with E-state index in [-0.39, 0.29) is 5.75 Å². The Kier molecular flexibility index (Phi) is 3.94. The third kappa shape index (κ3) is 2.65. The number of imidazole rings is 1. The van der Waals surface area contributed by atoms with Crippen molar-refractivity contribution in [3.8, 4) is 0 Å². The molecule has 2 aromatic rings. The predicted octanol–water partition coefficient (Wildman–Crippen LogP) is 1.83. The van der Waals surface area contributed by atoms with Gasteiger partial charge in [-0.3, -0.25) is 9.48 Å². The third-order valence-corrected chi connectivity index (χ3v) is 3.70. The number of carboxylic acid groups (broad SMARTS) is 1. The minimum absolute atomic E-state index is 0.00386. The monoisotopic (exact) mass is 280 g/mol. The van der Waals surface area contributed by atoms with Crippen LogP contribution in [0.4, 0.5) is 0 Å². The van der Waals surface area contributed by atoms with Crippen molar-refractivity contribution >= 4 is 28.9 Å². The van der Waals surface area contributed by atoms with E-state index in [2.05, 4.69) is 16.7 Å². The molecule has 0 bridgehead atoms. The van der Waals surface area contributed by atoms with E-state index in [1.54, 1.807) is 4.68 Å². The van der Waals surface area contributed by atoms with Crippen molar-refractivity contribution in [2.45, 2.75) is 25.0 Å². The lowest BCUT2D eigenvalue weighted by Gasteiger charge is -2.06. The Bertz CT molecular complexity index is 629. The Morgan fingerprint density at radius 2 is 2.32 bits per heavy atom. The molecule has 0 fully saturated rings. The number of thioether (sulfide) groups is 1. The normalized spacial score (nSPS) is 11.1. The number of fused-ring (bicyclic) bond motifs is 1. The Morgan fingerprint density at radius 1 is 1.58 bits per heavy atom. The van der Waals surface area contributed by atoms with Crippen LogP contribution in [0.1, 0.15) is 12.1 Å². The van der Waals surface area contributed by atoms with E-state index in [0.29, 0.717) is 0 Å². The van der Waals surface area contributed by atoms with Gasteiger partial charge in [0.05, 0.1) is 11.4 Å². The minimum atomic E-state index is -0.845. The first-order valence-corrected chi connectivity index (χ1v) is 6.88. The molecule has 0 aromatic carbocycles. The molecule has 7 heteroatoms. The molecule has 0 saturated heterocycles. The molecule has 1 N–H and O–H groups in total. The Labute approximate surface area is 115 Å². The molecule has 102 valence electrons. The molecular weight excluding hydrogens is 264 g/mol. The zero-order valence-corrected chi connectivity index (χ0v) is 11.8. The molecule has 19 heavy (non-hydrogen) atoms. The molecular formula is C12H16N4O2S. The molecule has 2 heterocycles. The molecule has 0 atom stereocenters. The van der Waals surface area contributed by atoms with E-state index >= 15 is 0 Å². The zero-order valence-electron chi connectivity index (χ0n) is 11.0. The lowest BCUT2D eigenvalue weighted by molar-refractivity contribution is -0.133. The lowest BCUT2D eigenvalue weighted by atomic mass is 10.4. The zero-order chi connectivity index (χ0) is 14.0. The first kappa shape index (κ1) is 13.7. The van der Waals surface area contributed by atoms with Crippen molar-refractivity contribution in [3.63, 3.8) is 0 Å². The van der Waals surface area contributed by atoms with E-state index in [0.717, 1.165) is 35.0 Å². The highest BCUT2D eigenvalue weighted by Gasteiger charge is 2.17. The fourth-order valence-corrected chi connectivity index (χ4v) is 2.72. The van der Waals surface area contributed by atoms with Gasteiger partial charge < -0.3 is 9.67 Å². The van der Waals surface area contributed by atoms with Gasteiger partial charge in [-0.15, -0.1) is 6.58 Å². The van der Waals surface area contributed by atoms with E-state index in [4.69, 9.17) is 5.11 Å². The number of hydrogen-bond donors (Lipinski definition) is 1. The van der Waals surface area contributed by atoms with Crippen LogP contribution in [0, 0.1) is 6.92 Å². The van der Waals surface area contributed by atoms with E-state index in [1.165, 1.54) is 11.8 Å². The van der Waals surface area contributed by atoms with Crippen molar-refractivity contribution < 1.29 is 9.90 Å². The molecule has 0 spiro atoms. The van der Waals surface area contributed by atoms with Crippen LogP contribution in [0.25, 0.3) is 11.2 Å². The predicted molar refractivity (Wildman–Crippen MR) is 74.4 cm³/mol. The van der Waals surface area contributed by atoms with Crippen LogP contribution in [0.5, 0.6) is 0 Å². The van der Waals surface area contributed by atoms with Gasteiger partial charge in [-0.05, 0) is 13.3 Å². The molecule has 0 aliphatic carbocycles. The lowest BCUT2D eigenvalue weighted by Crippen LogP contribution is -2.06. The second kappa shape index (κ2) is 5.48. The number of aryl methyl sites for hydroxylation is 3. The van der Waals surface area contributed by atoms with Crippen molar-refractivity contribution in [1.82, 2.24) is 19.3 Å². The summed E-state index contributed by atoms with van der Waals surface area (Å²) in [7, 11) is 1.87. The van der Waals surface area contributed by atoms with Gasteiger partial charge >= 0.3 is 5.97 Å². The summed E-state index contributed by atoms with van der Waals surface area (Å²) >= 11 is 1.23. The van der Waals surface area contributed by atoms with Crippen LogP contribution in [-0.2, 0) is 18.4 Å². The number of hydrogen-bond acceptors (Lipinski definition) is 4. The average Bonchev–Trinajstić information content (AvgIpc) is 2.84. The van der Waals surface area contributed by atoms with Gasteiger partial charge in [0, 0.05) is 13.6 Å². The second-order valence-electron chi connectivity index (χ2n) is 4.19. The van der Waals surface area contributed by atoms with Crippen molar-refractivity contribution in [3.05, 3.63) is 18.3 Å². The fraction of sp³-hybridized carbons (Fsp3) is 0.417. The van der Waals surface area contributed by atoms with Gasteiger partial charge in [-0.25, -0.2) is 4.98 Å². The van der Waals surface area contributed by atoms with Gasteiger partial charge in [0.15, 0.2) is 10.8 Å². The summed E-state index contributed by atoms with van der Waals surface area (Å²) in [4.78, 5) is 15.2. The number of carbonyl (C=O) groups is 1. The van der Waals surface area contributed by atoms with Crippen LogP contribution in [-0.4, -0.2) is 36.2 Å². The van der Waals surface area contributed by atoms with Gasteiger partial charge in [0.1, 0.15) is 5.52 Å². The second-order valence-corrected chi connectivity index (χ2v) is 5.13. The maximum atomic E-state index is 10.7. The van der Waals surface area contributed by atoms with Gasteiger partial charge in [0.2, 0.25) is 0 Å². The SMILES string of the molecule is C=CCCn1c(SCC(=O)O)nc2c(C)nn(C)c21. The summed E-state index contributed by atoms with van der Waals surface area (Å²) in [6.07, 6.45) is 2.64. The molecule has 0 radical (unpaired) electrons. The molecule has 0 saturated carbocycles. The van der Waals surface area contributed by atoms with Crippen LogP contribution in [0.3, 0.4) is 0 Å². The molecule has 0 unspecified atom stereocenters. The summed E-state index contributed by atoms with van der Waals surface area (Å²) in [5.74, 6) is -0.841. The number of aromatic nitrogens is 4. The molecule has 6 nitrogen and oxygen atoms in total. The highest BCUT2D eigenvalue weighted by atomic mass is 32.2. The van der Waals surface area contributed by atoms with Crippen LogP contribution in [0.2, 0.25) is 0 Å². The number of allylic oxidation sites excluding steroid dienone is 1. The Morgan fingerprint density at radius 3 is 2.95 bits per heavy atom. The summed E-state index contributed by atoms with van der Waals surface area (Å²) in [5.41, 5.74) is 2.61. The number of aliphatic carboxylic acids is 1. The highest BCUT2D eigenvalue weighted by Crippen LogP contribution is 2.26. The smallest absolute Gasteiger partial charge is 0.313 e. The summed E-state index contributed by atoms with van der Waals surface area (Å²) in [6.45, 7) is 6.34. The summed E-state index contributed by atoms with van der Waals surface area (Å²) < 4.78 is 3.79. The van der Waals surface area contributed by atoms with E-state index in [9.17, 15) is 4.79 Å². The topological polar surface area (TPSA) is 72.9 Å². The molecule has 0 amide bonds. The van der Waals surface area contributed by atoms with Crippen LogP contribution >= 0.6 is 11.8 Å². The number of nitrogens with zero attached hydrogens (tertiary/aromatic N) is 4. The van der Waals surface area contributed by atoms with Crippen molar-refractivity contribution in [2.24, 2.45) is 7.05 Å². The molecule has 2 aromatic heterocycles. The minimum Gasteiger partial charge on any atom is -0.481 e. The average molecular weight is 280 g/mol. The van der Waals surface area contributed by atoms with Gasteiger partial charge in [0.25, 0.3) is 0 Å². The Balaban J connectivity index is 2.45. The molecule has 2 rings (SSSR count). The van der Waals surface area contributed by atoms with Crippen LogP contribution in [0.15, 0.2) is 17.8 Å². The summed E-state index contributed by atoms with van der Waals surface area (Å²) in [6, 6.07) is 0. The Hall–Kier alpha value is -1.76. The molecule has 0 aliphatic rings. The van der Waals surface area contributed by atoms with Gasteiger partial charge in [-0.1, -0.05) is 17.8 Å². The maximum Gasteiger partial charge on any atom is 0.313 e. The van der Waals surface area contributed by atoms with Crippen LogP contribution < -0.4 is 0 Å². The summed E-state index contributed by atoms with van der Waals surface area (Å²) in [5, 5.41) is 13.8.